The molecule has 0 aromatic heterocycles. The van der Waals surface area contributed by atoms with E-state index in [-0.39, 0.29) is 11.5 Å². The summed E-state index contributed by atoms with van der Waals surface area (Å²) in [5, 5.41) is 20.5. The second-order valence-corrected chi connectivity index (χ2v) is 6.74. The molecule has 0 spiro atoms. The number of aliphatic hydroxyl groups is 2. The van der Waals surface area contributed by atoms with E-state index in [4.69, 9.17) is 17.3 Å². The lowest BCUT2D eigenvalue weighted by Gasteiger charge is -2.49. The van der Waals surface area contributed by atoms with Gasteiger partial charge in [0.1, 0.15) is 0 Å². The number of likely N-dealkylation sites (N-methyl/N-ethyl adjacent to an activating group) is 1. The summed E-state index contributed by atoms with van der Waals surface area (Å²) in [6.07, 6.45) is -0.331. The molecule has 1 aliphatic carbocycles. The number of benzene rings is 1. The molecule has 2 N–H and O–H groups in total. The van der Waals surface area contributed by atoms with E-state index in [1.807, 2.05) is 25.2 Å². The predicted octanol–water partition coefficient (Wildman–Crippen LogP) is 0.728. The fourth-order valence-electron chi connectivity index (χ4n) is 4.49. The molecule has 6 heteroatoms. The van der Waals surface area contributed by atoms with Crippen LogP contribution in [0.2, 0.25) is 5.82 Å². The van der Waals surface area contributed by atoms with Gasteiger partial charge in [-0.3, -0.25) is 0 Å². The van der Waals surface area contributed by atoms with Crippen LogP contribution in [0, 0.1) is 0 Å². The Morgan fingerprint density at radius 2 is 1.91 bits per heavy atom. The quantitative estimate of drug-likeness (QED) is 0.805. The number of aliphatic hydroxyl groups excluding tert-OH is 2. The highest BCUT2D eigenvalue weighted by Gasteiger charge is 2.56. The van der Waals surface area contributed by atoms with Crippen molar-refractivity contribution in [1.29, 1.82) is 0 Å². The van der Waals surface area contributed by atoms with Crippen molar-refractivity contribution in [3.05, 3.63) is 23.8 Å². The molecule has 2 aliphatic rings. The minimum absolute atomic E-state index is 0.0148. The number of nitrogens with zero attached hydrogens (tertiary/aromatic N) is 1. The molecule has 1 aliphatic heterocycles. The zero-order chi connectivity index (χ0) is 16.8. The van der Waals surface area contributed by atoms with Gasteiger partial charge in [0, 0.05) is 11.5 Å². The van der Waals surface area contributed by atoms with E-state index in [2.05, 4.69) is 4.90 Å². The van der Waals surface area contributed by atoms with Crippen LogP contribution in [0.1, 0.15) is 18.4 Å². The van der Waals surface area contributed by atoms with Gasteiger partial charge in [-0.2, -0.15) is 0 Å². The largest absolute Gasteiger partial charge is 0.493 e. The first kappa shape index (κ1) is 16.6. The van der Waals surface area contributed by atoms with Crippen LogP contribution in [0.25, 0.3) is 0 Å². The summed E-state index contributed by atoms with van der Waals surface area (Å²) in [6, 6.07) is 5.87. The Morgan fingerprint density at radius 1 is 1.22 bits per heavy atom. The zero-order valence-electron chi connectivity index (χ0n) is 13.9. The van der Waals surface area contributed by atoms with Crippen molar-refractivity contribution in [3.8, 4) is 11.5 Å². The number of methoxy groups -OCH3 is 2. The van der Waals surface area contributed by atoms with Crippen molar-refractivity contribution in [2.45, 2.75) is 42.3 Å². The smallest absolute Gasteiger partial charge is 0.161 e. The van der Waals surface area contributed by atoms with Crippen molar-refractivity contribution in [3.63, 3.8) is 0 Å². The normalized spacial score (nSPS) is 37.4. The SMILES string of the molecule is [B]C1C(O)C(O)C[C@@]2(c3ccc(OC)c(OC)c3)CCN(C)C12. The summed E-state index contributed by atoms with van der Waals surface area (Å²) in [7, 11) is 11.5. The lowest BCUT2D eigenvalue weighted by Crippen LogP contribution is -2.56. The second kappa shape index (κ2) is 6.00. The van der Waals surface area contributed by atoms with E-state index < -0.39 is 18.0 Å². The average Bonchev–Trinajstić information content (AvgIpc) is 2.89. The molecule has 2 fully saturated rings. The van der Waals surface area contributed by atoms with Crippen molar-refractivity contribution in [2.75, 3.05) is 27.8 Å². The molecular formula is C17H24BNO4. The topological polar surface area (TPSA) is 62.2 Å². The van der Waals surface area contributed by atoms with Gasteiger partial charge in [-0.25, -0.2) is 0 Å². The molecule has 3 rings (SSSR count). The van der Waals surface area contributed by atoms with Gasteiger partial charge in [0.25, 0.3) is 0 Å². The van der Waals surface area contributed by atoms with Gasteiger partial charge in [-0.1, -0.05) is 6.07 Å². The fraction of sp³-hybridized carbons (Fsp3) is 0.647. The third-order valence-corrected chi connectivity index (χ3v) is 5.64. The molecule has 1 aromatic carbocycles. The highest BCUT2D eigenvalue weighted by atomic mass is 16.5. The Morgan fingerprint density at radius 3 is 2.57 bits per heavy atom. The molecular weight excluding hydrogens is 293 g/mol. The first-order chi connectivity index (χ1) is 10.9. The van der Waals surface area contributed by atoms with Crippen LogP contribution in [0.5, 0.6) is 11.5 Å². The van der Waals surface area contributed by atoms with Crippen molar-refractivity contribution in [1.82, 2.24) is 4.90 Å². The fourth-order valence-corrected chi connectivity index (χ4v) is 4.49. The maximum atomic E-state index is 10.3. The number of rotatable bonds is 3. The van der Waals surface area contributed by atoms with Gasteiger partial charge in [-0.15, -0.1) is 0 Å². The van der Waals surface area contributed by atoms with E-state index in [9.17, 15) is 10.2 Å². The van der Waals surface area contributed by atoms with Crippen LogP contribution < -0.4 is 9.47 Å². The monoisotopic (exact) mass is 317 g/mol. The zero-order valence-corrected chi connectivity index (χ0v) is 13.9. The van der Waals surface area contributed by atoms with Crippen LogP contribution in [0.3, 0.4) is 0 Å². The summed E-state index contributed by atoms with van der Waals surface area (Å²) in [5.41, 5.74) is 0.790. The first-order valence-electron chi connectivity index (χ1n) is 7.99. The molecule has 5 atom stereocenters. The highest BCUT2D eigenvalue weighted by molar-refractivity contribution is 6.13. The van der Waals surface area contributed by atoms with Crippen LogP contribution in [-0.4, -0.2) is 69.0 Å². The van der Waals surface area contributed by atoms with Gasteiger partial charge in [-0.05, 0) is 49.9 Å². The van der Waals surface area contributed by atoms with Gasteiger partial charge in [0.05, 0.1) is 34.3 Å². The van der Waals surface area contributed by atoms with Gasteiger partial charge >= 0.3 is 0 Å². The lowest BCUT2D eigenvalue weighted by molar-refractivity contribution is -0.0499. The predicted molar refractivity (Wildman–Crippen MR) is 88.4 cm³/mol. The molecule has 1 aromatic rings. The lowest BCUT2D eigenvalue weighted by atomic mass is 9.55. The summed E-state index contributed by atoms with van der Waals surface area (Å²) < 4.78 is 10.8. The summed E-state index contributed by atoms with van der Waals surface area (Å²) in [5.74, 6) is 0.859. The maximum absolute atomic E-state index is 10.3. The van der Waals surface area contributed by atoms with Crippen molar-refractivity contribution >= 4 is 7.85 Å². The van der Waals surface area contributed by atoms with Gasteiger partial charge in [0.2, 0.25) is 0 Å². The summed E-state index contributed by atoms with van der Waals surface area (Å²) >= 11 is 0. The second-order valence-electron chi connectivity index (χ2n) is 6.74. The molecule has 124 valence electrons. The van der Waals surface area contributed by atoms with Gasteiger partial charge in [0.15, 0.2) is 11.5 Å². The van der Waals surface area contributed by atoms with Crippen LogP contribution in [-0.2, 0) is 5.41 Å². The van der Waals surface area contributed by atoms with Crippen LogP contribution >= 0.6 is 0 Å². The van der Waals surface area contributed by atoms with E-state index >= 15 is 0 Å². The molecule has 23 heavy (non-hydrogen) atoms. The average molecular weight is 317 g/mol. The number of likely N-dealkylation sites (tertiary alicyclic amines) is 1. The Kier molecular flexibility index (Phi) is 4.34. The minimum Gasteiger partial charge on any atom is -0.493 e. The molecule has 0 bridgehead atoms. The third-order valence-electron chi connectivity index (χ3n) is 5.64. The van der Waals surface area contributed by atoms with Crippen molar-refractivity contribution < 1.29 is 19.7 Å². The molecule has 2 radical (unpaired) electrons. The third kappa shape index (κ3) is 2.44. The van der Waals surface area contributed by atoms with Gasteiger partial charge < -0.3 is 24.6 Å². The highest BCUT2D eigenvalue weighted by Crippen LogP contribution is 2.52. The minimum atomic E-state index is -0.895. The van der Waals surface area contributed by atoms with E-state index in [1.165, 1.54) is 0 Å². The Hall–Kier alpha value is -1.24. The van der Waals surface area contributed by atoms with Crippen LogP contribution in [0.4, 0.5) is 0 Å². The Labute approximate surface area is 138 Å². The maximum Gasteiger partial charge on any atom is 0.161 e. The van der Waals surface area contributed by atoms with E-state index in [0.29, 0.717) is 17.9 Å². The summed E-state index contributed by atoms with van der Waals surface area (Å²) in [6.45, 7) is 0.881. The number of hydrogen-bond acceptors (Lipinski definition) is 5. The molecule has 1 saturated heterocycles. The molecule has 1 heterocycles. The first-order valence-corrected chi connectivity index (χ1v) is 7.99. The van der Waals surface area contributed by atoms with Crippen molar-refractivity contribution in [2.24, 2.45) is 0 Å². The molecule has 5 nitrogen and oxygen atoms in total. The van der Waals surface area contributed by atoms with E-state index in [1.54, 1.807) is 14.2 Å². The standard InChI is InChI=1S/C17H24BNO4/c1-19-7-6-17(9-11(20)15(21)14(18)16(17)19)10-4-5-12(22-2)13(8-10)23-3/h4-5,8,11,14-16,20-21H,6-7,9H2,1-3H3/t11?,14?,15?,16?,17-/m1/s1. The number of ether oxygens (including phenoxy) is 2. The van der Waals surface area contributed by atoms with E-state index in [0.717, 1.165) is 18.5 Å². The molecule has 4 unspecified atom stereocenters. The number of fused-ring (bicyclic) bond motifs is 1. The Balaban J connectivity index is 2.08. The summed E-state index contributed by atoms with van der Waals surface area (Å²) in [4.78, 5) is 2.19. The number of hydrogen-bond donors (Lipinski definition) is 2. The molecule has 0 amide bonds. The van der Waals surface area contributed by atoms with Crippen LogP contribution in [0.15, 0.2) is 18.2 Å². The molecule has 1 saturated carbocycles. The Bertz CT molecular complexity index is 584.